The number of carbonyl (C=O) groups is 2. The molecule has 188 valence electrons. The Hall–Kier alpha value is -4.78. The predicted molar refractivity (Wildman–Crippen MR) is 138 cm³/mol. The van der Waals surface area contributed by atoms with Gasteiger partial charge in [0.05, 0.1) is 0 Å². The average Bonchev–Trinajstić information content (AvgIpc) is 2.86. The highest BCUT2D eigenvalue weighted by Crippen LogP contribution is 2.33. The summed E-state index contributed by atoms with van der Waals surface area (Å²) in [5, 5.41) is 38.6. The molecule has 7 heteroatoms. The van der Waals surface area contributed by atoms with Gasteiger partial charge in [-0.2, -0.15) is 0 Å². The molecular weight excluding hydrogens is 472 g/mol. The van der Waals surface area contributed by atoms with E-state index in [9.17, 15) is 30.0 Å². The predicted octanol–water partition coefficient (Wildman–Crippen LogP) is 5.56. The van der Waals surface area contributed by atoms with Crippen LogP contribution in [0.25, 0.3) is 0 Å². The molecule has 0 spiro atoms. The molecule has 4 N–H and O–H groups in total. The summed E-state index contributed by atoms with van der Waals surface area (Å²) in [5.74, 6) is -2.42. The maximum Gasteiger partial charge on any atom is 0.339 e. The van der Waals surface area contributed by atoms with Crippen molar-refractivity contribution in [2.24, 2.45) is 0 Å². The third kappa shape index (κ3) is 6.08. The fourth-order valence-electron chi connectivity index (χ4n) is 4.28. The Bertz CT molecular complexity index is 1370. The smallest absolute Gasteiger partial charge is 0.339 e. The Labute approximate surface area is 213 Å². The molecule has 0 aromatic heterocycles. The summed E-state index contributed by atoms with van der Waals surface area (Å²) < 4.78 is 6.33. The van der Waals surface area contributed by atoms with Crippen LogP contribution in [0.1, 0.15) is 54.1 Å². The van der Waals surface area contributed by atoms with Gasteiger partial charge in [-0.1, -0.05) is 60.2 Å². The molecular formula is C30H26O7. The molecule has 0 bridgehead atoms. The van der Waals surface area contributed by atoms with Crippen molar-refractivity contribution in [3.63, 3.8) is 0 Å². The molecule has 4 aromatic rings. The molecule has 4 aromatic carbocycles. The molecule has 0 atom stereocenters. The Morgan fingerprint density at radius 2 is 1.16 bits per heavy atom. The highest BCUT2D eigenvalue weighted by molar-refractivity contribution is 5.91. The number of carboxylic acids is 2. The lowest BCUT2D eigenvalue weighted by atomic mass is 9.94. The zero-order chi connectivity index (χ0) is 26.5. The molecule has 0 amide bonds. The Balaban J connectivity index is 1.76. The average molecular weight is 499 g/mol. The van der Waals surface area contributed by atoms with E-state index in [1.165, 1.54) is 24.3 Å². The maximum atomic E-state index is 11.5. The van der Waals surface area contributed by atoms with Gasteiger partial charge in [0.15, 0.2) is 0 Å². The lowest BCUT2D eigenvalue weighted by molar-refractivity contribution is 0.0682. The summed E-state index contributed by atoms with van der Waals surface area (Å²) >= 11 is 0. The van der Waals surface area contributed by atoms with Crippen LogP contribution < -0.4 is 4.74 Å². The van der Waals surface area contributed by atoms with E-state index in [1.54, 1.807) is 12.1 Å². The number of aromatic carboxylic acids is 2. The lowest BCUT2D eigenvalue weighted by Crippen LogP contribution is -2.06. The zero-order valence-corrected chi connectivity index (χ0v) is 20.1. The Kier molecular flexibility index (Phi) is 7.44. The highest BCUT2D eigenvalue weighted by Gasteiger charge is 2.17. The standard InChI is InChI=1S/C30H26O7/c1-18-11-22(13-20-7-9-26(31)24(15-20)29(33)34)28(37-17-19-5-3-2-4-6-19)23(12-18)14-21-8-10-27(32)25(16-21)30(35)36/h2-12,15-16,31-32H,13-14,17H2,1H3,(H,33,34)(H,35,36). The van der Waals surface area contributed by atoms with Crippen molar-refractivity contribution in [2.45, 2.75) is 26.4 Å². The number of benzene rings is 4. The monoisotopic (exact) mass is 498 g/mol. The number of aryl methyl sites for hydroxylation is 1. The van der Waals surface area contributed by atoms with Crippen molar-refractivity contribution >= 4 is 11.9 Å². The van der Waals surface area contributed by atoms with Gasteiger partial charge < -0.3 is 25.2 Å². The van der Waals surface area contributed by atoms with E-state index in [1.807, 2.05) is 49.4 Å². The number of hydrogen-bond donors (Lipinski definition) is 4. The molecule has 0 fully saturated rings. The second kappa shape index (κ2) is 10.9. The van der Waals surface area contributed by atoms with Gasteiger partial charge in [-0.05, 0) is 59.0 Å². The molecule has 0 saturated carbocycles. The Morgan fingerprint density at radius 1 is 0.676 bits per heavy atom. The van der Waals surface area contributed by atoms with Crippen molar-refractivity contribution in [2.75, 3.05) is 0 Å². The van der Waals surface area contributed by atoms with Gasteiger partial charge in [0, 0.05) is 12.8 Å². The molecule has 0 radical (unpaired) electrons. The second-order valence-corrected chi connectivity index (χ2v) is 8.85. The van der Waals surface area contributed by atoms with E-state index in [0.717, 1.165) is 22.3 Å². The first kappa shape index (κ1) is 25.3. The lowest BCUT2D eigenvalue weighted by Gasteiger charge is -2.18. The first-order chi connectivity index (χ1) is 17.7. The molecule has 0 unspecified atom stereocenters. The fraction of sp³-hybridized carbons (Fsp3) is 0.133. The van der Waals surface area contributed by atoms with Gasteiger partial charge in [0.25, 0.3) is 0 Å². The van der Waals surface area contributed by atoms with Crippen LogP contribution in [0.5, 0.6) is 17.2 Å². The molecule has 0 aliphatic rings. The van der Waals surface area contributed by atoms with Crippen molar-refractivity contribution in [3.05, 3.63) is 123 Å². The van der Waals surface area contributed by atoms with Gasteiger partial charge >= 0.3 is 11.9 Å². The fourth-order valence-corrected chi connectivity index (χ4v) is 4.28. The molecule has 7 nitrogen and oxygen atoms in total. The number of hydrogen-bond acceptors (Lipinski definition) is 5. The zero-order valence-electron chi connectivity index (χ0n) is 20.1. The number of aromatic hydroxyl groups is 2. The van der Waals surface area contributed by atoms with Crippen LogP contribution >= 0.6 is 0 Å². The van der Waals surface area contributed by atoms with E-state index in [2.05, 4.69) is 0 Å². The van der Waals surface area contributed by atoms with Gasteiger partial charge in [-0.25, -0.2) is 9.59 Å². The molecule has 4 rings (SSSR count). The normalized spacial score (nSPS) is 10.7. The third-order valence-electron chi connectivity index (χ3n) is 5.98. The minimum Gasteiger partial charge on any atom is -0.507 e. The number of phenols is 2. The summed E-state index contributed by atoms with van der Waals surface area (Å²) in [6, 6.07) is 22.6. The molecule has 0 aliphatic heterocycles. The first-order valence-electron chi connectivity index (χ1n) is 11.6. The van der Waals surface area contributed by atoms with E-state index in [0.29, 0.717) is 36.3 Å². The summed E-state index contributed by atoms with van der Waals surface area (Å²) in [6.07, 6.45) is 0.713. The highest BCUT2D eigenvalue weighted by atomic mass is 16.5. The largest absolute Gasteiger partial charge is 0.507 e. The molecule has 0 heterocycles. The Morgan fingerprint density at radius 3 is 1.62 bits per heavy atom. The minimum absolute atomic E-state index is 0.178. The van der Waals surface area contributed by atoms with Gasteiger partial charge in [-0.3, -0.25) is 0 Å². The van der Waals surface area contributed by atoms with Crippen LogP contribution in [-0.4, -0.2) is 32.4 Å². The summed E-state index contributed by atoms with van der Waals surface area (Å²) in [6.45, 7) is 2.24. The molecule has 0 aliphatic carbocycles. The van der Waals surface area contributed by atoms with Crippen LogP contribution in [0.4, 0.5) is 0 Å². The number of ether oxygens (including phenoxy) is 1. The van der Waals surface area contributed by atoms with Crippen LogP contribution in [0.3, 0.4) is 0 Å². The summed E-state index contributed by atoms with van der Waals surface area (Å²) in [7, 11) is 0. The van der Waals surface area contributed by atoms with Crippen molar-refractivity contribution < 1.29 is 34.8 Å². The van der Waals surface area contributed by atoms with E-state index >= 15 is 0 Å². The SMILES string of the molecule is Cc1cc(Cc2ccc(O)c(C(=O)O)c2)c(OCc2ccccc2)c(Cc2ccc(O)c(C(=O)O)c2)c1. The quantitative estimate of drug-likeness (QED) is 0.238. The van der Waals surface area contributed by atoms with Crippen molar-refractivity contribution in [1.29, 1.82) is 0 Å². The van der Waals surface area contributed by atoms with E-state index < -0.39 is 11.9 Å². The minimum atomic E-state index is -1.22. The van der Waals surface area contributed by atoms with E-state index in [4.69, 9.17) is 4.74 Å². The second-order valence-electron chi connectivity index (χ2n) is 8.85. The molecule has 0 saturated heterocycles. The molecule has 37 heavy (non-hydrogen) atoms. The maximum absolute atomic E-state index is 11.5. The van der Waals surface area contributed by atoms with Crippen LogP contribution in [-0.2, 0) is 19.4 Å². The number of rotatable bonds is 9. The summed E-state index contributed by atoms with van der Waals surface area (Å²) in [4.78, 5) is 23.0. The van der Waals surface area contributed by atoms with Crippen LogP contribution in [0.15, 0.2) is 78.9 Å². The van der Waals surface area contributed by atoms with Crippen molar-refractivity contribution in [1.82, 2.24) is 0 Å². The third-order valence-corrected chi connectivity index (χ3v) is 5.98. The van der Waals surface area contributed by atoms with Gasteiger partial charge in [0.1, 0.15) is 35.0 Å². The van der Waals surface area contributed by atoms with E-state index in [-0.39, 0.29) is 22.6 Å². The van der Waals surface area contributed by atoms with Crippen LogP contribution in [0, 0.1) is 6.92 Å². The topological polar surface area (TPSA) is 124 Å². The van der Waals surface area contributed by atoms with Crippen molar-refractivity contribution in [3.8, 4) is 17.2 Å². The number of carboxylic acid groups (broad SMARTS) is 2. The van der Waals surface area contributed by atoms with Crippen LogP contribution in [0.2, 0.25) is 0 Å². The van der Waals surface area contributed by atoms with Gasteiger partial charge in [-0.15, -0.1) is 0 Å². The van der Waals surface area contributed by atoms with Gasteiger partial charge in [0.2, 0.25) is 0 Å². The summed E-state index contributed by atoms with van der Waals surface area (Å²) in [5.41, 5.74) is 4.59. The first-order valence-corrected chi connectivity index (χ1v) is 11.6.